The lowest BCUT2D eigenvalue weighted by atomic mass is 9.80. The monoisotopic (exact) mass is 338 g/mol. The average Bonchev–Trinajstić information content (AvgIpc) is 2.65. The summed E-state index contributed by atoms with van der Waals surface area (Å²) < 4.78 is 0.904. The fourth-order valence-electron chi connectivity index (χ4n) is 2.23. The van der Waals surface area contributed by atoms with E-state index in [9.17, 15) is 9.90 Å². The van der Waals surface area contributed by atoms with E-state index < -0.39 is 11.1 Å². The first-order valence-corrected chi connectivity index (χ1v) is 7.31. The van der Waals surface area contributed by atoms with E-state index in [2.05, 4.69) is 21.0 Å². The number of nitrogens with zero attached hydrogens (tertiary/aromatic N) is 2. The first-order valence-electron chi connectivity index (χ1n) is 6.52. The standard InChI is InChI=1S/C15H19BrN2O2/c1-10-9-15(20,14(2,3)4)18(17-10)13(19)11-5-7-12(16)8-6-11/h5-8,20H,9H2,1-4H3/t15-/m1/s1. The molecule has 4 nitrogen and oxygen atoms in total. The third-order valence-corrected chi connectivity index (χ3v) is 4.14. The van der Waals surface area contributed by atoms with Crippen LogP contribution in [0, 0.1) is 5.41 Å². The van der Waals surface area contributed by atoms with E-state index in [0.717, 1.165) is 10.2 Å². The molecule has 0 radical (unpaired) electrons. The van der Waals surface area contributed by atoms with E-state index in [1.165, 1.54) is 5.01 Å². The quantitative estimate of drug-likeness (QED) is 0.853. The number of halogens is 1. The van der Waals surface area contributed by atoms with E-state index in [-0.39, 0.29) is 5.91 Å². The molecular weight excluding hydrogens is 320 g/mol. The maximum Gasteiger partial charge on any atom is 0.276 e. The molecule has 0 spiro atoms. The van der Waals surface area contributed by atoms with Gasteiger partial charge in [0, 0.05) is 27.6 Å². The molecule has 0 saturated heterocycles. The molecule has 0 saturated carbocycles. The number of carbonyl (C=O) groups is 1. The molecular formula is C15H19BrN2O2. The molecule has 1 aliphatic rings. The van der Waals surface area contributed by atoms with Crippen LogP contribution in [-0.2, 0) is 0 Å². The summed E-state index contributed by atoms with van der Waals surface area (Å²) in [5, 5.41) is 16.4. The number of rotatable bonds is 1. The largest absolute Gasteiger partial charge is 0.368 e. The van der Waals surface area contributed by atoms with Crippen molar-refractivity contribution in [3.05, 3.63) is 34.3 Å². The summed E-state index contributed by atoms with van der Waals surface area (Å²) in [7, 11) is 0. The number of carbonyl (C=O) groups excluding carboxylic acids is 1. The predicted molar refractivity (Wildman–Crippen MR) is 82.4 cm³/mol. The topological polar surface area (TPSA) is 52.9 Å². The lowest BCUT2D eigenvalue weighted by Crippen LogP contribution is -2.54. The molecule has 1 aromatic carbocycles. The fourth-order valence-corrected chi connectivity index (χ4v) is 2.50. The van der Waals surface area contributed by atoms with Gasteiger partial charge in [-0.25, -0.2) is 0 Å². The number of aliphatic hydroxyl groups is 1. The number of hydrogen-bond acceptors (Lipinski definition) is 3. The van der Waals surface area contributed by atoms with Crippen LogP contribution < -0.4 is 0 Å². The van der Waals surface area contributed by atoms with Crippen molar-refractivity contribution in [1.29, 1.82) is 0 Å². The molecule has 108 valence electrons. The Balaban J connectivity index is 2.39. The van der Waals surface area contributed by atoms with Gasteiger partial charge in [-0.2, -0.15) is 10.1 Å². The summed E-state index contributed by atoms with van der Waals surface area (Å²) in [5.41, 5.74) is -0.511. The highest BCUT2D eigenvalue weighted by Gasteiger charge is 2.51. The molecule has 1 atom stereocenters. The van der Waals surface area contributed by atoms with Crippen molar-refractivity contribution in [2.75, 3.05) is 0 Å². The minimum absolute atomic E-state index is 0.285. The van der Waals surface area contributed by atoms with Crippen molar-refractivity contribution < 1.29 is 9.90 Å². The third kappa shape index (κ3) is 2.52. The minimum Gasteiger partial charge on any atom is -0.368 e. The van der Waals surface area contributed by atoms with Gasteiger partial charge in [-0.1, -0.05) is 36.7 Å². The first-order chi connectivity index (χ1) is 9.15. The maximum atomic E-state index is 12.6. The summed E-state index contributed by atoms with van der Waals surface area (Å²) in [6.07, 6.45) is 0.374. The number of benzene rings is 1. The van der Waals surface area contributed by atoms with Crippen molar-refractivity contribution in [3.8, 4) is 0 Å². The van der Waals surface area contributed by atoms with E-state index in [1.807, 2.05) is 27.7 Å². The number of hydrazone groups is 1. The molecule has 1 heterocycles. The normalized spacial score (nSPS) is 22.9. The molecule has 1 amide bonds. The molecule has 20 heavy (non-hydrogen) atoms. The van der Waals surface area contributed by atoms with Gasteiger partial charge in [-0.15, -0.1) is 0 Å². The smallest absolute Gasteiger partial charge is 0.276 e. The molecule has 0 aromatic heterocycles. The summed E-state index contributed by atoms with van der Waals surface area (Å²) in [6, 6.07) is 7.05. The van der Waals surface area contributed by atoms with Crippen LogP contribution >= 0.6 is 15.9 Å². The van der Waals surface area contributed by atoms with Crippen molar-refractivity contribution in [2.45, 2.75) is 39.8 Å². The minimum atomic E-state index is -1.29. The second-order valence-corrected chi connectivity index (χ2v) is 7.12. The Morgan fingerprint density at radius 1 is 1.35 bits per heavy atom. The molecule has 1 N–H and O–H groups in total. The van der Waals surface area contributed by atoms with Gasteiger partial charge < -0.3 is 5.11 Å². The first kappa shape index (κ1) is 15.2. The van der Waals surface area contributed by atoms with Gasteiger partial charge in [0.2, 0.25) is 0 Å². The maximum absolute atomic E-state index is 12.6. The van der Waals surface area contributed by atoms with E-state index >= 15 is 0 Å². The average molecular weight is 339 g/mol. The molecule has 0 bridgehead atoms. The molecule has 2 rings (SSSR count). The van der Waals surface area contributed by atoms with Crippen LogP contribution in [0.2, 0.25) is 0 Å². The Morgan fingerprint density at radius 2 is 1.90 bits per heavy atom. The van der Waals surface area contributed by atoms with E-state index in [4.69, 9.17) is 0 Å². The van der Waals surface area contributed by atoms with Gasteiger partial charge in [0.25, 0.3) is 5.91 Å². The Labute approximate surface area is 127 Å². The SMILES string of the molecule is CC1=NN(C(=O)c2ccc(Br)cc2)[C@](O)(C(C)(C)C)C1. The zero-order chi connectivity index (χ0) is 15.1. The Morgan fingerprint density at radius 3 is 2.40 bits per heavy atom. The summed E-state index contributed by atoms with van der Waals surface area (Å²) in [4.78, 5) is 12.6. The second-order valence-electron chi connectivity index (χ2n) is 6.20. The highest BCUT2D eigenvalue weighted by Crippen LogP contribution is 2.41. The second kappa shape index (κ2) is 4.97. The van der Waals surface area contributed by atoms with Crippen LogP contribution in [0.25, 0.3) is 0 Å². The molecule has 1 aliphatic heterocycles. The van der Waals surface area contributed by atoms with Crippen LogP contribution in [0.5, 0.6) is 0 Å². The lowest BCUT2D eigenvalue weighted by Gasteiger charge is -2.41. The summed E-state index contributed by atoms with van der Waals surface area (Å²) in [5.74, 6) is -0.285. The molecule has 0 fully saturated rings. The zero-order valence-corrected chi connectivity index (χ0v) is 13.7. The van der Waals surface area contributed by atoms with Crippen LogP contribution in [0.15, 0.2) is 33.8 Å². The summed E-state index contributed by atoms with van der Waals surface area (Å²) in [6.45, 7) is 7.54. The molecule has 0 aliphatic carbocycles. The lowest BCUT2D eigenvalue weighted by molar-refractivity contribution is -0.143. The van der Waals surface area contributed by atoms with Crippen LogP contribution in [0.4, 0.5) is 0 Å². The van der Waals surface area contributed by atoms with Gasteiger partial charge in [0.05, 0.1) is 0 Å². The van der Waals surface area contributed by atoms with Gasteiger partial charge in [0.15, 0.2) is 5.72 Å². The zero-order valence-electron chi connectivity index (χ0n) is 12.1. The highest BCUT2D eigenvalue weighted by atomic mass is 79.9. The predicted octanol–water partition coefficient (Wildman–Crippen LogP) is 3.41. The Bertz CT molecular complexity index is 560. The van der Waals surface area contributed by atoms with Crippen LogP contribution in [0.1, 0.15) is 44.5 Å². The van der Waals surface area contributed by atoms with Crippen molar-refractivity contribution in [1.82, 2.24) is 5.01 Å². The van der Waals surface area contributed by atoms with Crippen molar-refractivity contribution in [3.63, 3.8) is 0 Å². The third-order valence-electron chi connectivity index (χ3n) is 3.61. The van der Waals surface area contributed by atoms with E-state index in [1.54, 1.807) is 24.3 Å². The van der Waals surface area contributed by atoms with Gasteiger partial charge in [-0.05, 0) is 31.2 Å². The number of hydrogen-bond donors (Lipinski definition) is 1. The van der Waals surface area contributed by atoms with Crippen molar-refractivity contribution in [2.24, 2.45) is 10.5 Å². The van der Waals surface area contributed by atoms with Gasteiger partial charge in [0.1, 0.15) is 0 Å². The van der Waals surface area contributed by atoms with Crippen LogP contribution in [-0.4, -0.2) is 27.5 Å². The van der Waals surface area contributed by atoms with Gasteiger partial charge in [-0.3, -0.25) is 4.79 Å². The van der Waals surface area contributed by atoms with Crippen LogP contribution in [0.3, 0.4) is 0 Å². The number of amides is 1. The van der Waals surface area contributed by atoms with Gasteiger partial charge >= 0.3 is 0 Å². The highest BCUT2D eigenvalue weighted by molar-refractivity contribution is 9.10. The molecule has 1 aromatic rings. The Kier molecular flexibility index (Phi) is 3.77. The fraction of sp³-hybridized carbons (Fsp3) is 0.467. The summed E-state index contributed by atoms with van der Waals surface area (Å²) >= 11 is 3.34. The molecule has 0 unspecified atom stereocenters. The Hall–Kier alpha value is -1.20. The van der Waals surface area contributed by atoms with E-state index in [0.29, 0.717) is 12.0 Å². The molecule has 5 heteroatoms. The van der Waals surface area contributed by atoms with Crippen molar-refractivity contribution >= 4 is 27.5 Å².